The maximum atomic E-state index is 10.5. The monoisotopic (exact) mass is 466 g/mol. The molecule has 0 amide bonds. The van der Waals surface area contributed by atoms with Crippen LogP contribution in [0.5, 0.6) is 5.75 Å². The zero-order valence-corrected chi connectivity index (χ0v) is 19.9. The van der Waals surface area contributed by atoms with Crippen molar-refractivity contribution in [2.75, 3.05) is 6.61 Å². The molecule has 0 aliphatic carbocycles. The van der Waals surface area contributed by atoms with Gasteiger partial charge in [0, 0.05) is 11.5 Å². The zero-order valence-electron chi connectivity index (χ0n) is 19.9. The highest BCUT2D eigenvalue weighted by Gasteiger charge is 2.14. The molecule has 0 saturated carbocycles. The molecule has 0 spiro atoms. The van der Waals surface area contributed by atoms with E-state index in [1.165, 1.54) is 22.8 Å². The average Bonchev–Trinajstić information content (AvgIpc) is 3.35. The van der Waals surface area contributed by atoms with E-state index in [4.69, 9.17) is 9.84 Å². The molecule has 3 aromatic carbocycles. The van der Waals surface area contributed by atoms with Gasteiger partial charge in [0.15, 0.2) is 0 Å². The predicted octanol–water partition coefficient (Wildman–Crippen LogP) is 7.12. The Bertz CT molecular complexity index is 1320. The van der Waals surface area contributed by atoms with Crippen LogP contribution in [0.15, 0.2) is 91.1 Å². The minimum absolute atomic E-state index is 0.602. The van der Waals surface area contributed by atoms with E-state index in [2.05, 4.69) is 71.7 Å². The Morgan fingerprint density at radius 3 is 2.49 bits per heavy atom. The van der Waals surface area contributed by atoms with Gasteiger partial charge >= 0.3 is 5.97 Å². The van der Waals surface area contributed by atoms with Crippen LogP contribution in [0, 0.1) is 0 Å². The van der Waals surface area contributed by atoms with Crippen molar-refractivity contribution in [3.63, 3.8) is 0 Å². The molecule has 35 heavy (non-hydrogen) atoms. The van der Waals surface area contributed by atoms with Gasteiger partial charge in [-0.15, -0.1) is 0 Å². The number of fused-ring (bicyclic) bond motifs is 1. The first-order valence-corrected chi connectivity index (χ1v) is 12.0. The minimum Gasteiger partial charge on any atom is -0.494 e. The summed E-state index contributed by atoms with van der Waals surface area (Å²) in [6.45, 7) is 2.80. The molecule has 5 heteroatoms. The SMILES string of the molecule is CC/C(=C(/c1ccc(OCCCC/C=C/C(=O)O)cc1)c1ccc2[nH]ncc2c1)c1ccccc1. The molecule has 0 aliphatic heterocycles. The number of hydrogen-bond donors (Lipinski definition) is 2. The first kappa shape index (κ1) is 24.0. The Balaban J connectivity index is 1.57. The van der Waals surface area contributed by atoms with Crippen molar-refractivity contribution in [2.45, 2.75) is 32.6 Å². The summed E-state index contributed by atoms with van der Waals surface area (Å²) >= 11 is 0. The lowest BCUT2D eigenvalue weighted by Gasteiger charge is -2.17. The van der Waals surface area contributed by atoms with Gasteiger partial charge in [-0.05, 0) is 77.8 Å². The van der Waals surface area contributed by atoms with E-state index in [0.717, 1.165) is 53.5 Å². The van der Waals surface area contributed by atoms with Gasteiger partial charge in [-0.3, -0.25) is 5.10 Å². The number of rotatable bonds is 11. The van der Waals surface area contributed by atoms with E-state index in [1.807, 2.05) is 24.4 Å². The number of aromatic amines is 1. The number of allylic oxidation sites excluding steroid dienone is 2. The van der Waals surface area contributed by atoms with Crippen LogP contribution in [-0.4, -0.2) is 27.9 Å². The number of H-pyrrole nitrogens is 1. The number of carboxylic acids is 1. The number of aliphatic carboxylic acids is 1. The quantitative estimate of drug-likeness (QED) is 0.140. The third-order valence-electron chi connectivity index (χ3n) is 5.94. The van der Waals surface area contributed by atoms with Crippen LogP contribution >= 0.6 is 0 Å². The van der Waals surface area contributed by atoms with Crippen molar-refractivity contribution in [2.24, 2.45) is 0 Å². The van der Waals surface area contributed by atoms with Crippen LogP contribution in [0.3, 0.4) is 0 Å². The highest BCUT2D eigenvalue weighted by atomic mass is 16.5. The van der Waals surface area contributed by atoms with Crippen LogP contribution in [-0.2, 0) is 4.79 Å². The zero-order chi connectivity index (χ0) is 24.5. The highest BCUT2D eigenvalue weighted by Crippen LogP contribution is 2.36. The number of carbonyl (C=O) groups is 1. The maximum Gasteiger partial charge on any atom is 0.327 e. The number of ether oxygens (including phenoxy) is 1. The van der Waals surface area contributed by atoms with Gasteiger partial charge in [0.1, 0.15) is 5.75 Å². The van der Waals surface area contributed by atoms with Crippen molar-refractivity contribution in [3.8, 4) is 5.75 Å². The number of aromatic nitrogens is 2. The molecule has 0 aliphatic rings. The number of hydrogen-bond acceptors (Lipinski definition) is 3. The second-order valence-electron chi connectivity index (χ2n) is 8.35. The topological polar surface area (TPSA) is 75.2 Å². The van der Waals surface area contributed by atoms with E-state index < -0.39 is 5.97 Å². The summed E-state index contributed by atoms with van der Waals surface area (Å²) in [5.74, 6) is -0.0739. The van der Waals surface area contributed by atoms with Crippen molar-refractivity contribution >= 4 is 28.0 Å². The molecule has 1 heterocycles. The summed E-state index contributed by atoms with van der Waals surface area (Å²) in [6.07, 6.45) is 8.13. The highest BCUT2D eigenvalue weighted by molar-refractivity contribution is 6.00. The van der Waals surface area contributed by atoms with Gasteiger partial charge in [-0.1, -0.05) is 61.5 Å². The summed E-state index contributed by atoms with van der Waals surface area (Å²) < 4.78 is 5.92. The number of nitrogens with zero attached hydrogens (tertiary/aromatic N) is 1. The van der Waals surface area contributed by atoms with Crippen LogP contribution in [0.2, 0.25) is 0 Å². The molecule has 5 nitrogen and oxygen atoms in total. The van der Waals surface area contributed by atoms with Gasteiger partial charge in [0.25, 0.3) is 0 Å². The molecule has 0 unspecified atom stereocenters. The summed E-state index contributed by atoms with van der Waals surface area (Å²) in [4.78, 5) is 10.5. The molecule has 178 valence electrons. The Labute approximate surface area is 205 Å². The molecule has 1 aromatic heterocycles. The van der Waals surface area contributed by atoms with Crippen molar-refractivity contribution in [1.82, 2.24) is 10.2 Å². The van der Waals surface area contributed by atoms with E-state index in [-0.39, 0.29) is 0 Å². The molecular formula is C30H30N2O3. The third kappa shape index (κ3) is 6.27. The fraction of sp³-hybridized carbons (Fsp3) is 0.200. The van der Waals surface area contributed by atoms with Crippen molar-refractivity contribution < 1.29 is 14.6 Å². The van der Waals surface area contributed by atoms with Crippen LogP contribution < -0.4 is 4.74 Å². The number of benzene rings is 3. The molecule has 0 saturated heterocycles. The standard InChI is InChI=1S/C30H30N2O3/c1-2-27(22-10-6-5-7-11-22)30(24-15-18-28-25(20-24)21-31-32-28)23-13-16-26(17-14-23)35-19-9-4-3-8-12-29(33)34/h5-8,10-18,20-21H,2-4,9,19H2,1H3,(H,31,32)(H,33,34)/b12-8+,30-27+. The van der Waals surface area contributed by atoms with Gasteiger partial charge in [0.2, 0.25) is 0 Å². The van der Waals surface area contributed by atoms with Gasteiger partial charge < -0.3 is 9.84 Å². The minimum atomic E-state index is -0.905. The molecule has 0 radical (unpaired) electrons. The molecular weight excluding hydrogens is 436 g/mol. The second-order valence-corrected chi connectivity index (χ2v) is 8.35. The van der Waals surface area contributed by atoms with Crippen molar-refractivity contribution in [1.29, 1.82) is 0 Å². The van der Waals surface area contributed by atoms with E-state index >= 15 is 0 Å². The summed E-state index contributed by atoms with van der Waals surface area (Å²) in [7, 11) is 0. The molecule has 4 rings (SSSR count). The molecule has 0 atom stereocenters. The van der Waals surface area contributed by atoms with Crippen LogP contribution in [0.1, 0.15) is 49.3 Å². The molecule has 4 aromatic rings. The van der Waals surface area contributed by atoms with Crippen molar-refractivity contribution in [3.05, 3.63) is 108 Å². The normalized spacial score (nSPS) is 12.1. The molecule has 0 fully saturated rings. The lowest BCUT2D eigenvalue weighted by Crippen LogP contribution is -1.98. The maximum absolute atomic E-state index is 10.5. The smallest absolute Gasteiger partial charge is 0.327 e. The largest absolute Gasteiger partial charge is 0.494 e. The number of unbranched alkanes of at least 4 members (excludes halogenated alkanes) is 2. The van der Waals surface area contributed by atoms with Gasteiger partial charge in [-0.2, -0.15) is 5.10 Å². The van der Waals surface area contributed by atoms with Crippen LogP contribution in [0.25, 0.3) is 22.0 Å². The van der Waals surface area contributed by atoms with Crippen LogP contribution in [0.4, 0.5) is 0 Å². The Morgan fingerprint density at radius 1 is 0.971 bits per heavy atom. The Hall–Kier alpha value is -4.12. The summed E-state index contributed by atoms with van der Waals surface area (Å²) in [5, 5.41) is 16.9. The number of carboxylic acid groups (broad SMARTS) is 1. The first-order valence-electron chi connectivity index (χ1n) is 12.0. The molecule has 2 N–H and O–H groups in total. The average molecular weight is 467 g/mol. The summed E-state index contributed by atoms with van der Waals surface area (Å²) in [5.41, 5.74) is 7.03. The van der Waals surface area contributed by atoms with E-state index in [0.29, 0.717) is 6.61 Å². The van der Waals surface area contributed by atoms with E-state index in [9.17, 15) is 4.79 Å². The first-order chi connectivity index (χ1) is 17.2. The Kier molecular flexibility index (Phi) is 8.12. The number of nitrogens with one attached hydrogen (secondary N) is 1. The summed E-state index contributed by atoms with van der Waals surface area (Å²) in [6, 6.07) is 25.2. The van der Waals surface area contributed by atoms with Gasteiger partial charge in [-0.25, -0.2) is 4.79 Å². The predicted molar refractivity (Wildman–Crippen MR) is 141 cm³/mol. The van der Waals surface area contributed by atoms with E-state index in [1.54, 1.807) is 6.08 Å². The molecule has 0 bridgehead atoms. The lowest BCUT2D eigenvalue weighted by molar-refractivity contribution is -0.131. The van der Waals surface area contributed by atoms with Gasteiger partial charge in [0.05, 0.1) is 18.3 Å². The lowest BCUT2D eigenvalue weighted by atomic mass is 9.88. The Morgan fingerprint density at radius 2 is 1.74 bits per heavy atom. The fourth-order valence-electron chi connectivity index (χ4n) is 4.23. The fourth-order valence-corrected chi connectivity index (χ4v) is 4.23. The second kappa shape index (κ2) is 11.8. The third-order valence-corrected chi connectivity index (χ3v) is 5.94.